The molecule has 0 saturated carbocycles. The Morgan fingerprint density at radius 2 is 1.86 bits per heavy atom. The van der Waals surface area contributed by atoms with Crippen LogP contribution in [0.2, 0.25) is 0 Å². The average molecular weight is 283 g/mol. The number of amides is 1. The van der Waals surface area contributed by atoms with Gasteiger partial charge in [-0.15, -0.1) is 0 Å². The minimum absolute atomic E-state index is 0.129. The number of hydrogen-bond acceptors (Lipinski definition) is 3. The van der Waals surface area contributed by atoms with Crippen LogP contribution in [0.15, 0.2) is 36.4 Å². The molecule has 2 aromatic carbocycles. The fourth-order valence-corrected chi connectivity index (χ4v) is 2.17. The van der Waals surface area contributed by atoms with E-state index in [4.69, 9.17) is 5.73 Å². The molecule has 0 radical (unpaired) electrons. The molecule has 0 heterocycles. The highest BCUT2D eigenvalue weighted by Gasteiger charge is 2.12. The molecule has 0 atom stereocenters. The maximum atomic E-state index is 12.4. The van der Waals surface area contributed by atoms with Gasteiger partial charge in [0.1, 0.15) is 0 Å². The highest BCUT2D eigenvalue weighted by molar-refractivity contribution is 6.06. The number of aryl methyl sites for hydroxylation is 1. The van der Waals surface area contributed by atoms with Gasteiger partial charge in [-0.1, -0.05) is 12.1 Å². The summed E-state index contributed by atoms with van der Waals surface area (Å²) in [5.74, 6) is -0.129. The molecule has 4 nitrogen and oxygen atoms in total. The van der Waals surface area contributed by atoms with E-state index in [0.717, 1.165) is 22.5 Å². The van der Waals surface area contributed by atoms with Crippen LogP contribution < -0.4 is 16.0 Å². The average Bonchev–Trinajstić information content (AvgIpc) is 2.47. The second kappa shape index (κ2) is 5.87. The van der Waals surface area contributed by atoms with Crippen LogP contribution in [-0.4, -0.2) is 20.0 Å². The number of hydrogen-bond donors (Lipinski definition) is 2. The zero-order chi connectivity index (χ0) is 15.6. The van der Waals surface area contributed by atoms with E-state index < -0.39 is 0 Å². The lowest BCUT2D eigenvalue weighted by Gasteiger charge is -2.15. The van der Waals surface area contributed by atoms with Crippen molar-refractivity contribution in [3.8, 4) is 0 Å². The van der Waals surface area contributed by atoms with Crippen molar-refractivity contribution in [2.75, 3.05) is 30.0 Å². The normalized spacial score (nSPS) is 10.3. The van der Waals surface area contributed by atoms with Gasteiger partial charge in [-0.2, -0.15) is 0 Å². The molecule has 3 N–H and O–H groups in total. The monoisotopic (exact) mass is 283 g/mol. The summed E-state index contributed by atoms with van der Waals surface area (Å²) in [5, 5.41) is 2.96. The first kappa shape index (κ1) is 14.9. The minimum atomic E-state index is -0.129. The molecule has 0 aromatic heterocycles. The second-order valence-corrected chi connectivity index (χ2v) is 5.37. The highest BCUT2D eigenvalue weighted by Crippen LogP contribution is 2.26. The summed E-state index contributed by atoms with van der Waals surface area (Å²) in [4.78, 5) is 14.4. The lowest BCUT2D eigenvalue weighted by atomic mass is 10.1. The van der Waals surface area contributed by atoms with Crippen LogP contribution in [0.25, 0.3) is 0 Å². The number of nitrogens with one attached hydrogen (secondary N) is 1. The van der Waals surface area contributed by atoms with Gasteiger partial charge < -0.3 is 16.0 Å². The van der Waals surface area contributed by atoms with Crippen LogP contribution in [0.4, 0.5) is 17.1 Å². The Morgan fingerprint density at radius 3 is 2.52 bits per heavy atom. The molecule has 21 heavy (non-hydrogen) atoms. The predicted octanol–water partition coefficient (Wildman–Crippen LogP) is 3.20. The van der Waals surface area contributed by atoms with Gasteiger partial charge in [-0.25, -0.2) is 0 Å². The predicted molar refractivity (Wildman–Crippen MR) is 89.1 cm³/mol. The molecule has 0 aliphatic heterocycles. The number of carbonyl (C=O) groups is 1. The number of rotatable bonds is 3. The van der Waals surface area contributed by atoms with E-state index in [1.807, 2.05) is 63.2 Å². The zero-order valence-corrected chi connectivity index (χ0v) is 12.9. The Kier molecular flexibility index (Phi) is 4.17. The van der Waals surface area contributed by atoms with E-state index in [1.54, 1.807) is 6.07 Å². The van der Waals surface area contributed by atoms with Gasteiger partial charge in [-0.05, 0) is 49.2 Å². The number of anilines is 3. The van der Waals surface area contributed by atoms with E-state index >= 15 is 0 Å². The summed E-state index contributed by atoms with van der Waals surface area (Å²) < 4.78 is 0. The summed E-state index contributed by atoms with van der Waals surface area (Å²) in [5.41, 5.74) is 10.9. The SMILES string of the molecule is Cc1ccc(N)c(C)c1NC(=O)c1cccc(N(C)C)c1. The van der Waals surface area contributed by atoms with Gasteiger partial charge in [0.15, 0.2) is 0 Å². The maximum absolute atomic E-state index is 12.4. The maximum Gasteiger partial charge on any atom is 0.255 e. The summed E-state index contributed by atoms with van der Waals surface area (Å²) in [6.45, 7) is 3.87. The summed E-state index contributed by atoms with van der Waals surface area (Å²) in [6.07, 6.45) is 0. The molecule has 2 rings (SSSR count). The van der Waals surface area contributed by atoms with Crippen molar-refractivity contribution in [2.24, 2.45) is 0 Å². The Balaban J connectivity index is 2.31. The molecule has 0 spiro atoms. The number of nitrogen functional groups attached to an aromatic ring is 1. The first-order chi connectivity index (χ1) is 9.90. The molecule has 4 heteroatoms. The molecular weight excluding hydrogens is 262 g/mol. The van der Waals surface area contributed by atoms with Crippen molar-refractivity contribution in [3.05, 3.63) is 53.1 Å². The second-order valence-electron chi connectivity index (χ2n) is 5.37. The van der Waals surface area contributed by atoms with Gasteiger partial charge in [0, 0.05) is 36.7 Å². The third kappa shape index (κ3) is 3.16. The van der Waals surface area contributed by atoms with Crippen molar-refractivity contribution in [1.82, 2.24) is 0 Å². The van der Waals surface area contributed by atoms with E-state index in [9.17, 15) is 4.79 Å². The van der Waals surface area contributed by atoms with Gasteiger partial charge in [0.25, 0.3) is 5.91 Å². The van der Waals surface area contributed by atoms with Gasteiger partial charge in [0.2, 0.25) is 0 Å². The van der Waals surface area contributed by atoms with Crippen molar-refractivity contribution in [2.45, 2.75) is 13.8 Å². The highest BCUT2D eigenvalue weighted by atomic mass is 16.1. The quantitative estimate of drug-likeness (QED) is 0.850. The molecule has 1 amide bonds. The van der Waals surface area contributed by atoms with Crippen LogP contribution in [0.1, 0.15) is 21.5 Å². The molecule has 2 aromatic rings. The first-order valence-electron chi connectivity index (χ1n) is 6.84. The summed E-state index contributed by atoms with van der Waals surface area (Å²) >= 11 is 0. The molecule has 0 unspecified atom stereocenters. The van der Waals surface area contributed by atoms with Crippen molar-refractivity contribution in [3.63, 3.8) is 0 Å². The molecule has 0 aliphatic carbocycles. The third-order valence-electron chi connectivity index (χ3n) is 3.58. The van der Waals surface area contributed by atoms with E-state index in [0.29, 0.717) is 11.3 Å². The largest absolute Gasteiger partial charge is 0.398 e. The zero-order valence-electron chi connectivity index (χ0n) is 12.9. The number of nitrogens with zero attached hydrogens (tertiary/aromatic N) is 1. The van der Waals surface area contributed by atoms with E-state index in [-0.39, 0.29) is 5.91 Å². The Morgan fingerprint density at radius 1 is 1.14 bits per heavy atom. The smallest absolute Gasteiger partial charge is 0.255 e. The van der Waals surface area contributed by atoms with E-state index in [1.165, 1.54) is 0 Å². The Bertz CT molecular complexity index is 678. The topological polar surface area (TPSA) is 58.4 Å². The van der Waals surface area contributed by atoms with Crippen LogP contribution in [0.3, 0.4) is 0 Å². The Hall–Kier alpha value is -2.49. The molecule has 110 valence electrons. The first-order valence-corrected chi connectivity index (χ1v) is 6.84. The molecule has 0 fully saturated rings. The molecule has 0 saturated heterocycles. The molecule has 0 bridgehead atoms. The van der Waals surface area contributed by atoms with Gasteiger partial charge >= 0.3 is 0 Å². The third-order valence-corrected chi connectivity index (χ3v) is 3.58. The summed E-state index contributed by atoms with van der Waals surface area (Å²) in [6, 6.07) is 11.3. The molecule has 0 aliphatic rings. The lowest BCUT2D eigenvalue weighted by Crippen LogP contribution is -2.15. The lowest BCUT2D eigenvalue weighted by molar-refractivity contribution is 0.102. The Labute approximate surface area is 125 Å². The standard InChI is InChI=1S/C17H21N3O/c1-11-8-9-15(18)12(2)16(11)19-17(21)13-6-5-7-14(10-13)20(3)4/h5-10H,18H2,1-4H3,(H,19,21). The van der Waals surface area contributed by atoms with Crippen molar-refractivity contribution < 1.29 is 4.79 Å². The van der Waals surface area contributed by atoms with Gasteiger partial charge in [0.05, 0.1) is 0 Å². The van der Waals surface area contributed by atoms with Crippen molar-refractivity contribution in [1.29, 1.82) is 0 Å². The van der Waals surface area contributed by atoms with Crippen molar-refractivity contribution >= 4 is 23.0 Å². The number of nitrogens with two attached hydrogens (primary N) is 1. The minimum Gasteiger partial charge on any atom is -0.398 e. The van der Waals surface area contributed by atoms with Gasteiger partial charge in [-0.3, -0.25) is 4.79 Å². The number of benzene rings is 2. The van der Waals surface area contributed by atoms with Crippen LogP contribution in [0.5, 0.6) is 0 Å². The van der Waals surface area contributed by atoms with Crippen LogP contribution in [-0.2, 0) is 0 Å². The van der Waals surface area contributed by atoms with Crippen LogP contribution >= 0.6 is 0 Å². The fourth-order valence-electron chi connectivity index (χ4n) is 2.17. The number of carbonyl (C=O) groups excluding carboxylic acids is 1. The summed E-state index contributed by atoms with van der Waals surface area (Å²) in [7, 11) is 3.90. The van der Waals surface area contributed by atoms with E-state index in [2.05, 4.69) is 5.32 Å². The van der Waals surface area contributed by atoms with Crippen LogP contribution in [0, 0.1) is 13.8 Å². The molecular formula is C17H21N3O. The fraction of sp³-hybridized carbons (Fsp3) is 0.235.